The molecule has 11 nitrogen and oxygen atoms in total. The molecule has 2 fully saturated rings. The van der Waals surface area contributed by atoms with Gasteiger partial charge in [0.15, 0.2) is 11.6 Å². The molecule has 0 saturated heterocycles. The van der Waals surface area contributed by atoms with Crippen LogP contribution in [-0.2, 0) is 44.8 Å². The number of aromatic nitrogens is 4. The first-order valence-corrected chi connectivity index (χ1v) is 18.5. The van der Waals surface area contributed by atoms with Crippen LogP contribution in [0, 0.1) is 10.8 Å². The van der Waals surface area contributed by atoms with E-state index < -0.39 is 0 Å². The van der Waals surface area contributed by atoms with Gasteiger partial charge in [0.25, 0.3) is 11.8 Å². The van der Waals surface area contributed by atoms with E-state index in [1.807, 2.05) is 35.4 Å². The highest BCUT2D eigenvalue weighted by molar-refractivity contribution is 6.40. The summed E-state index contributed by atoms with van der Waals surface area (Å²) >= 11 is 13.8. The summed E-state index contributed by atoms with van der Waals surface area (Å²) in [4.78, 5) is 50.5. The number of carbonyl (C=O) groups excluding carboxylic acids is 3. The topological polar surface area (TPSA) is 126 Å². The largest absolute Gasteiger partial charge is 0.327 e. The smallest absolute Gasteiger partial charge is 0.291 e. The first-order chi connectivity index (χ1) is 24.6. The minimum absolute atomic E-state index is 0.0625. The molecule has 3 N–H and O–H groups in total. The van der Waals surface area contributed by atoms with Crippen LogP contribution in [0.25, 0.3) is 11.1 Å². The van der Waals surface area contributed by atoms with Gasteiger partial charge in [-0.3, -0.25) is 14.5 Å². The number of benzene rings is 2. The number of halogens is 2. The van der Waals surface area contributed by atoms with E-state index in [2.05, 4.69) is 25.8 Å². The highest BCUT2D eigenvalue weighted by Crippen LogP contribution is 2.62. The van der Waals surface area contributed by atoms with E-state index in [0.717, 1.165) is 93.8 Å². The molecule has 2 aliphatic carbocycles. The van der Waals surface area contributed by atoms with Gasteiger partial charge in [-0.1, -0.05) is 47.5 Å². The maximum absolute atomic E-state index is 13.7. The van der Waals surface area contributed by atoms with Crippen molar-refractivity contribution in [2.24, 2.45) is 24.9 Å². The lowest BCUT2D eigenvalue weighted by Gasteiger charge is -2.32. The summed E-state index contributed by atoms with van der Waals surface area (Å²) in [6.07, 6.45) is 9.38. The number of fused-ring (bicyclic) bond motifs is 4. The minimum atomic E-state index is -0.355. The molecule has 2 saturated carbocycles. The number of anilines is 2. The summed E-state index contributed by atoms with van der Waals surface area (Å²) in [5.41, 5.74) is 6.25. The van der Waals surface area contributed by atoms with Crippen LogP contribution in [0.15, 0.2) is 36.4 Å². The van der Waals surface area contributed by atoms with Crippen molar-refractivity contribution >= 4 is 52.7 Å². The Labute approximate surface area is 307 Å². The van der Waals surface area contributed by atoms with Crippen LogP contribution in [0.1, 0.15) is 82.5 Å². The molecule has 266 valence electrons. The number of hydrogen-bond donors (Lipinski definition) is 3. The monoisotopic (exact) mass is 728 g/mol. The lowest BCUT2D eigenvalue weighted by Crippen LogP contribution is -2.34. The number of hydrogen-bond acceptors (Lipinski definition) is 7. The van der Waals surface area contributed by atoms with Gasteiger partial charge in [0.05, 0.1) is 32.8 Å². The zero-order valence-corrected chi connectivity index (χ0v) is 30.5. The molecule has 8 rings (SSSR count). The minimum Gasteiger partial charge on any atom is -0.327 e. The Hall–Kier alpha value is -4.03. The number of carbonyl (C=O) groups is 3. The molecular formula is C38H42Cl2N8O3. The van der Waals surface area contributed by atoms with E-state index in [1.165, 1.54) is 6.29 Å². The molecule has 2 aromatic heterocycles. The van der Waals surface area contributed by atoms with E-state index in [9.17, 15) is 14.4 Å². The van der Waals surface area contributed by atoms with Crippen LogP contribution >= 0.6 is 23.2 Å². The SMILES string of the molecule is Cn1c(C(=O)Nc2cccc(-c3cccc(NC(=O)c4nc5c(n4C)CCN(CCC46CCC(C=O)(CC4)C6)C5)c3Cl)c2Cl)nc2c1CCNC2. The van der Waals surface area contributed by atoms with E-state index >= 15 is 0 Å². The Morgan fingerprint density at radius 3 is 2.02 bits per heavy atom. The van der Waals surface area contributed by atoms with Crippen molar-refractivity contribution in [2.75, 3.05) is 30.3 Å². The molecular weight excluding hydrogens is 687 g/mol. The van der Waals surface area contributed by atoms with Gasteiger partial charge >= 0.3 is 0 Å². The fourth-order valence-electron chi connectivity index (χ4n) is 8.94. The Morgan fingerprint density at radius 1 is 0.863 bits per heavy atom. The average Bonchev–Trinajstić information content (AvgIpc) is 3.89. The number of nitrogens with one attached hydrogen (secondary N) is 3. The molecule has 13 heteroatoms. The highest BCUT2D eigenvalue weighted by Gasteiger charge is 2.53. The molecule has 51 heavy (non-hydrogen) atoms. The van der Waals surface area contributed by atoms with Gasteiger partial charge in [0, 0.05) is 81.0 Å². The Balaban J connectivity index is 0.957. The standard InChI is InChI=1S/C38H42Cl2N8O3/c1-46-29-9-16-41-19-27(29)42-33(46)35(50)44-25-7-3-5-23(31(25)39)24-6-4-8-26(32(24)40)45-36(51)34-43-28-20-48(17-10-30(28)47(34)2)18-15-37-11-13-38(21-37,22-49)14-12-37/h3-8,22,41H,9-21H2,1-2H3,(H,44,50)(H,45,51). The molecule has 0 spiro atoms. The Kier molecular flexibility index (Phi) is 8.81. The zero-order valence-electron chi connectivity index (χ0n) is 29.0. The number of rotatable bonds is 9. The van der Waals surface area contributed by atoms with Gasteiger partial charge in [-0.2, -0.15) is 0 Å². The van der Waals surface area contributed by atoms with Crippen molar-refractivity contribution in [3.63, 3.8) is 0 Å². The molecule has 0 radical (unpaired) electrons. The molecule has 0 atom stereocenters. The van der Waals surface area contributed by atoms with Crippen LogP contribution in [0.3, 0.4) is 0 Å². The predicted molar refractivity (Wildman–Crippen MR) is 197 cm³/mol. The zero-order chi connectivity index (χ0) is 35.5. The second-order valence-electron chi connectivity index (χ2n) is 14.9. The van der Waals surface area contributed by atoms with E-state index in [-0.39, 0.29) is 17.2 Å². The van der Waals surface area contributed by atoms with Crippen LogP contribution in [0.2, 0.25) is 10.0 Å². The number of imidazole rings is 2. The van der Waals surface area contributed by atoms with Crippen LogP contribution in [0.5, 0.6) is 0 Å². The number of nitrogens with zero attached hydrogens (tertiary/aromatic N) is 5. The van der Waals surface area contributed by atoms with Gasteiger partial charge < -0.3 is 29.9 Å². The normalized spacial score (nSPS) is 22.4. The van der Waals surface area contributed by atoms with E-state index in [4.69, 9.17) is 28.2 Å². The van der Waals surface area contributed by atoms with Gasteiger partial charge in [-0.05, 0) is 62.6 Å². The predicted octanol–water partition coefficient (Wildman–Crippen LogP) is 6.18. The molecule has 2 aromatic carbocycles. The summed E-state index contributed by atoms with van der Waals surface area (Å²) in [6.45, 7) is 4.07. The Morgan fingerprint density at radius 2 is 1.45 bits per heavy atom. The van der Waals surface area contributed by atoms with Crippen molar-refractivity contribution < 1.29 is 14.4 Å². The maximum Gasteiger partial charge on any atom is 0.291 e. The fourth-order valence-corrected chi connectivity index (χ4v) is 9.49. The van der Waals surface area contributed by atoms with Gasteiger partial charge in [0.1, 0.15) is 6.29 Å². The van der Waals surface area contributed by atoms with Crippen molar-refractivity contribution in [3.05, 3.63) is 80.9 Å². The fraction of sp³-hybridized carbons (Fsp3) is 0.447. The van der Waals surface area contributed by atoms with Crippen molar-refractivity contribution in [1.29, 1.82) is 0 Å². The quantitative estimate of drug-likeness (QED) is 0.176. The Bertz CT molecular complexity index is 2060. The average molecular weight is 730 g/mol. The van der Waals surface area contributed by atoms with E-state index in [0.29, 0.717) is 62.7 Å². The highest BCUT2D eigenvalue weighted by atomic mass is 35.5. The first kappa shape index (κ1) is 34.1. The van der Waals surface area contributed by atoms with Crippen LogP contribution < -0.4 is 16.0 Å². The summed E-state index contributed by atoms with van der Waals surface area (Å²) in [5, 5.41) is 9.83. The third-order valence-electron chi connectivity index (χ3n) is 11.9. The summed E-state index contributed by atoms with van der Waals surface area (Å²) in [6, 6.07) is 10.7. The second-order valence-corrected chi connectivity index (χ2v) is 15.6. The van der Waals surface area contributed by atoms with Gasteiger partial charge in [-0.25, -0.2) is 9.97 Å². The van der Waals surface area contributed by atoms with Crippen LogP contribution in [0.4, 0.5) is 11.4 Å². The second kappa shape index (κ2) is 13.2. The molecule has 2 amide bonds. The first-order valence-electron chi connectivity index (χ1n) is 17.8. The lowest BCUT2D eigenvalue weighted by atomic mass is 9.80. The van der Waals surface area contributed by atoms with Crippen molar-refractivity contribution in [3.8, 4) is 11.1 Å². The lowest BCUT2D eigenvalue weighted by molar-refractivity contribution is -0.115. The van der Waals surface area contributed by atoms with Crippen LogP contribution in [-0.4, -0.2) is 61.7 Å². The van der Waals surface area contributed by atoms with Gasteiger partial charge in [0.2, 0.25) is 0 Å². The summed E-state index contributed by atoms with van der Waals surface area (Å²) in [7, 11) is 3.74. The molecule has 4 heterocycles. The third kappa shape index (κ3) is 6.07. The third-order valence-corrected chi connectivity index (χ3v) is 12.7. The molecule has 0 unspecified atom stereocenters. The maximum atomic E-state index is 13.7. The van der Waals surface area contributed by atoms with Crippen molar-refractivity contribution in [2.45, 2.75) is 64.5 Å². The summed E-state index contributed by atoms with van der Waals surface area (Å²) in [5.74, 6) is -0.0509. The van der Waals surface area contributed by atoms with E-state index in [1.54, 1.807) is 24.3 Å². The molecule has 4 aliphatic rings. The van der Waals surface area contributed by atoms with Gasteiger partial charge in [-0.15, -0.1) is 0 Å². The molecule has 2 aliphatic heterocycles. The summed E-state index contributed by atoms with van der Waals surface area (Å²) < 4.78 is 3.73. The number of aldehydes is 1. The molecule has 2 bridgehead atoms. The number of amides is 2. The van der Waals surface area contributed by atoms with Crippen molar-refractivity contribution in [1.82, 2.24) is 29.3 Å². The molecule has 4 aromatic rings.